The molecule has 0 saturated carbocycles. The molecule has 0 unspecified atom stereocenters. The van der Waals surface area contributed by atoms with Gasteiger partial charge in [0.1, 0.15) is 5.75 Å². The number of nitrogen functional groups attached to an aromatic ring is 1. The van der Waals surface area contributed by atoms with E-state index in [-0.39, 0.29) is 0 Å². The van der Waals surface area contributed by atoms with E-state index in [0.29, 0.717) is 0 Å². The van der Waals surface area contributed by atoms with Crippen molar-refractivity contribution in [3.05, 3.63) is 23.3 Å². The minimum atomic E-state index is 0.865. The van der Waals surface area contributed by atoms with Crippen LogP contribution in [0.5, 0.6) is 5.75 Å². The van der Waals surface area contributed by atoms with Crippen LogP contribution in [-0.2, 0) is 13.0 Å². The Morgan fingerprint density at radius 1 is 1.38 bits per heavy atom. The minimum absolute atomic E-state index is 0.865. The maximum atomic E-state index is 5.88. The zero-order chi connectivity index (χ0) is 9.26. The second kappa shape index (κ2) is 3.26. The van der Waals surface area contributed by atoms with Crippen LogP contribution in [0.25, 0.3) is 0 Å². The quantitative estimate of drug-likeness (QED) is 0.629. The first-order valence-electron chi connectivity index (χ1n) is 4.48. The Labute approximate surface area is 77.9 Å². The molecule has 1 heterocycles. The fourth-order valence-electron chi connectivity index (χ4n) is 1.80. The lowest BCUT2D eigenvalue weighted by atomic mass is 9.98. The summed E-state index contributed by atoms with van der Waals surface area (Å²) in [6.45, 7) is 1.87. The van der Waals surface area contributed by atoms with Crippen LogP contribution in [0.2, 0.25) is 0 Å². The van der Waals surface area contributed by atoms with Crippen LogP contribution in [0.3, 0.4) is 0 Å². The molecule has 0 aromatic heterocycles. The first-order valence-corrected chi connectivity index (χ1v) is 4.48. The number of fused-ring (bicyclic) bond motifs is 1. The molecule has 0 radical (unpaired) electrons. The molecule has 1 aliphatic rings. The molecule has 1 aromatic rings. The lowest BCUT2D eigenvalue weighted by Crippen LogP contribution is -2.25. The van der Waals surface area contributed by atoms with E-state index in [4.69, 9.17) is 10.5 Å². The van der Waals surface area contributed by atoms with E-state index in [1.807, 2.05) is 12.1 Å². The summed E-state index contributed by atoms with van der Waals surface area (Å²) >= 11 is 0. The number of ether oxygens (including phenoxy) is 1. The predicted octanol–water partition coefficient (Wildman–Crippen LogP) is 0.923. The smallest absolute Gasteiger partial charge is 0.123 e. The summed E-state index contributed by atoms with van der Waals surface area (Å²) in [6, 6.07) is 3.85. The zero-order valence-electron chi connectivity index (χ0n) is 7.76. The lowest BCUT2D eigenvalue weighted by molar-refractivity contribution is 0.405. The molecule has 3 nitrogen and oxygen atoms in total. The van der Waals surface area contributed by atoms with Crippen LogP contribution in [0.15, 0.2) is 12.1 Å². The lowest BCUT2D eigenvalue weighted by Gasteiger charge is -2.21. The van der Waals surface area contributed by atoms with Crippen LogP contribution in [0, 0.1) is 0 Å². The Hall–Kier alpha value is -1.22. The van der Waals surface area contributed by atoms with Gasteiger partial charge in [-0.2, -0.15) is 0 Å². The highest BCUT2D eigenvalue weighted by Gasteiger charge is 2.15. The van der Waals surface area contributed by atoms with Crippen LogP contribution < -0.4 is 15.8 Å². The van der Waals surface area contributed by atoms with Crippen molar-refractivity contribution in [2.75, 3.05) is 19.4 Å². The van der Waals surface area contributed by atoms with E-state index in [1.165, 1.54) is 11.1 Å². The average molecular weight is 178 g/mol. The number of hydrogen-bond donors (Lipinski definition) is 2. The highest BCUT2D eigenvalue weighted by Crippen LogP contribution is 2.29. The molecular formula is C10H14N2O. The Morgan fingerprint density at radius 2 is 2.23 bits per heavy atom. The van der Waals surface area contributed by atoms with Gasteiger partial charge in [-0.1, -0.05) is 0 Å². The second-order valence-electron chi connectivity index (χ2n) is 3.24. The van der Waals surface area contributed by atoms with E-state index in [0.717, 1.165) is 30.9 Å². The molecular weight excluding hydrogens is 164 g/mol. The van der Waals surface area contributed by atoms with Crippen LogP contribution in [0.1, 0.15) is 11.1 Å². The highest BCUT2D eigenvalue weighted by atomic mass is 16.5. The van der Waals surface area contributed by atoms with Gasteiger partial charge >= 0.3 is 0 Å². The summed E-state index contributed by atoms with van der Waals surface area (Å²) < 4.78 is 5.27. The molecule has 0 spiro atoms. The molecule has 3 N–H and O–H groups in total. The van der Waals surface area contributed by atoms with Gasteiger partial charge in [-0.3, -0.25) is 0 Å². The fourth-order valence-corrected chi connectivity index (χ4v) is 1.80. The molecule has 0 amide bonds. The van der Waals surface area contributed by atoms with Gasteiger partial charge in [-0.05, 0) is 30.7 Å². The second-order valence-corrected chi connectivity index (χ2v) is 3.24. The number of rotatable bonds is 1. The summed E-state index contributed by atoms with van der Waals surface area (Å²) in [6.07, 6.45) is 0.998. The maximum Gasteiger partial charge on any atom is 0.123 e. The topological polar surface area (TPSA) is 47.3 Å². The van der Waals surface area contributed by atoms with Gasteiger partial charge in [0.15, 0.2) is 0 Å². The summed E-state index contributed by atoms with van der Waals surface area (Å²) in [4.78, 5) is 0. The molecule has 0 bridgehead atoms. The first-order chi connectivity index (χ1) is 6.33. The van der Waals surface area contributed by atoms with E-state index in [2.05, 4.69) is 5.32 Å². The van der Waals surface area contributed by atoms with Gasteiger partial charge < -0.3 is 15.8 Å². The summed E-state index contributed by atoms with van der Waals surface area (Å²) in [5.41, 5.74) is 9.23. The summed E-state index contributed by atoms with van der Waals surface area (Å²) in [5, 5.41) is 3.31. The van der Waals surface area contributed by atoms with Crippen LogP contribution in [-0.4, -0.2) is 13.7 Å². The zero-order valence-corrected chi connectivity index (χ0v) is 7.76. The van der Waals surface area contributed by atoms with Gasteiger partial charge in [0.2, 0.25) is 0 Å². The van der Waals surface area contributed by atoms with E-state index >= 15 is 0 Å². The predicted molar refractivity (Wildman–Crippen MR) is 52.8 cm³/mol. The molecule has 1 aromatic carbocycles. The number of anilines is 1. The molecule has 3 heteroatoms. The molecule has 2 rings (SSSR count). The van der Waals surface area contributed by atoms with E-state index < -0.39 is 0 Å². The Balaban J connectivity index is 2.52. The van der Waals surface area contributed by atoms with Crippen molar-refractivity contribution in [2.45, 2.75) is 13.0 Å². The van der Waals surface area contributed by atoms with Crippen molar-refractivity contribution in [2.24, 2.45) is 0 Å². The third-order valence-corrected chi connectivity index (χ3v) is 2.50. The van der Waals surface area contributed by atoms with Crippen molar-refractivity contribution >= 4 is 5.69 Å². The summed E-state index contributed by atoms with van der Waals surface area (Å²) in [7, 11) is 1.69. The number of methoxy groups -OCH3 is 1. The molecule has 0 atom stereocenters. The molecule has 0 aliphatic carbocycles. The van der Waals surface area contributed by atoms with Crippen molar-refractivity contribution in [1.29, 1.82) is 0 Å². The van der Waals surface area contributed by atoms with E-state index in [9.17, 15) is 0 Å². The van der Waals surface area contributed by atoms with E-state index in [1.54, 1.807) is 7.11 Å². The van der Waals surface area contributed by atoms with Crippen molar-refractivity contribution < 1.29 is 4.74 Å². The Kier molecular flexibility index (Phi) is 2.10. The van der Waals surface area contributed by atoms with Gasteiger partial charge in [-0.15, -0.1) is 0 Å². The fraction of sp³-hybridized carbons (Fsp3) is 0.400. The minimum Gasteiger partial charge on any atom is -0.496 e. The number of nitrogens with one attached hydrogen (secondary N) is 1. The standard InChI is InChI=1S/C10H14N2O/c1-13-10-3-2-9(11)7-4-5-12-6-8(7)10/h2-3,12H,4-6,11H2,1H3. The monoisotopic (exact) mass is 178 g/mol. The van der Waals surface area contributed by atoms with Gasteiger partial charge in [-0.25, -0.2) is 0 Å². The Bertz CT molecular complexity index is 323. The van der Waals surface area contributed by atoms with Crippen molar-refractivity contribution in [3.63, 3.8) is 0 Å². The van der Waals surface area contributed by atoms with Gasteiger partial charge in [0, 0.05) is 17.8 Å². The molecule has 70 valence electrons. The van der Waals surface area contributed by atoms with Crippen molar-refractivity contribution in [3.8, 4) is 5.75 Å². The maximum absolute atomic E-state index is 5.88. The summed E-state index contributed by atoms with van der Waals surface area (Å²) in [5.74, 6) is 0.941. The van der Waals surface area contributed by atoms with Crippen molar-refractivity contribution in [1.82, 2.24) is 5.32 Å². The van der Waals surface area contributed by atoms with Crippen LogP contribution >= 0.6 is 0 Å². The number of hydrogen-bond acceptors (Lipinski definition) is 3. The largest absolute Gasteiger partial charge is 0.496 e. The molecule has 0 saturated heterocycles. The third-order valence-electron chi connectivity index (χ3n) is 2.50. The average Bonchev–Trinajstić information content (AvgIpc) is 2.19. The number of benzene rings is 1. The molecule has 1 aliphatic heterocycles. The molecule has 13 heavy (non-hydrogen) atoms. The number of nitrogens with two attached hydrogens (primary N) is 1. The van der Waals surface area contributed by atoms with Gasteiger partial charge in [0.25, 0.3) is 0 Å². The highest BCUT2D eigenvalue weighted by molar-refractivity contribution is 5.57. The Morgan fingerprint density at radius 3 is 3.00 bits per heavy atom. The van der Waals surface area contributed by atoms with Gasteiger partial charge in [0.05, 0.1) is 7.11 Å². The van der Waals surface area contributed by atoms with Crippen LogP contribution in [0.4, 0.5) is 5.69 Å². The normalized spacial score (nSPS) is 15.2. The first kappa shape index (κ1) is 8.38. The third kappa shape index (κ3) is 1.35. The SMILES string of the molecule is COc1ccc(N)c2c1CNCC2. The molecule has 0 fully saturated rings.